The van der Waals surface area contributed by atoms with E-state index in [-0.39, 0.29) is 5.91 Å². The molecule has 132 valence electrons. The fraction of sp³-hybridized carbons (Fsp3) is 0.294. The Morgan fingerprint density at radius 1 is 1.48 bits per heavy atom. The minimum atomic E-state index is 0.00989. The van der Waals surface area contributed by atoms with Gasteiger partial charge in [0, 0.05) is 68.0 Å². The smallest absolute Gasteiger partial charge is 0.219 e. The molecule has 8 nitrogen and oxygen atoms in total. The lowest BCUT2D eigenvalue weighted by molar-refractivity contribution is -0.128. The summed E-state index contributed by atoms with van der Waals surface area (Å²) in [6.45, 7) is 2.63. The molecule has 25 heavy (non-hydrogen) atoms. The number of rotatable bonds is 5. The van der Waals surface area contributed by atoms with Gasteiger partial charge in [0.15, 0.2) is 5.82 Å². The molecule has 1 aliphatic heterocycles. The second kappa shape index (κ2) is 8.09. The zero-order chi connectivity index (χ0) is 18.4. The molecular formula is C17H23N7O. The molecule has 0 fully saturated rings. The van der Waals surface area contributed by atoms with Gasteiger partial charge in [0.2, 0.25) is 5.91 Å². The summed E-state index contributed by atoms with van der Waals surface area (Å²) in [6, 6.07) is 3.49. The van der Waals surface area contributed by atoms with Crippen LogP contribution in [0.2, 0.25) is 0 Å². The first-order chi connectivity index (χ1) is 12.0. The number of nitrogens with zero attached hydrogens (tertiary/aromatic N) is 3. The normalized spacial score (nSPS) is 16.0. The van der Waals surface area contributed by atoms with Gasteiger partial charge in [-0.2, -0.15) is 0 Å². The van der Waals surface area contributed by atoms with Gasteiger partial charge in [-0.3, -0.25) is 4.79 Å². The van der Waals surface area contributed by atoms with Gasteiger partial charge in [0.05, 0.1) is 6.54 Å². The van der Waals surface area contributed by atoms with E-state index >= 15 is 0 Å². The largest absolute Gasteiger partial charge is 0.404 e. The van der Waals surface area contributed by atoms with Crippen molar-refractivity contribution in [1.29, 1.82) is 5.41 Å². The highest BCUT2D eigenvalue weighted by atomic mass is 16.2. The first kappa shape index (κ1) is 18.2. The third-order valence-corrected chi connectivity index (χ3v) is 4.05. The predicted octanol–water partition coefficient (Wildman–Crippen LogP) is 0.745. The van der Waals surface area contributed by atoms with Crippen LogP contribution < -0.4 is 16.8 Å². The van der Waals surface area contributed by atoms with Crippen LogP contribution >= 0.6 is 0 Å². The quantitative estimate of drug-likeness (QED) is 0.463. The molecule has 0 saturated heterocycles. The zero-order valence-electron chi connectivity index (χ0n) is 14.4. The van der Waals surface area contributed by atoms with Crippen molar-refractivity contribution in [1.82, 2.24) is 15.2 Å². The molecule has 0 aromatic carbocycles. The fourth-order valence-electron chi connectivity index (χ4n) is 2.58. The number of pyridine rings is 1. The van der Waals surface area contributed by atoms with E-state index in [9.17, 15) is 4.79 Å². The third kappa shape index (κ3) is 4.23. The number of carbonyl (C=O) groups is 1. The number of aromatic nitrogens is 1. The van der Waals surface area contributed by atoms with E-state index in [2.05, 4.69) is 15.3 Å². The molecule has 0 atom stereocenters. The number of carbonyl (C=O) groups excluding carboxylic acids is 1. The van der Waals surface area contributed by atoms with Gasteiger partial charge in [0.25, 0.3) is 0 Å². The van der Waals surface area contributed by atoms with Gasteiger partial charge < -0.3 is 27.1 Å². The lowest BCUT2D eigenvalue weighted by Gasteiger charge is -2.29. The second-order valence-electron chi connectivity index (χ2n) is 5.57. The molecule has 0 radical (unpaired) electrons. The maximum Gasteiger partial charge on any atom is 0.219 e. The minimum Gasteiger partial charge on any atom is -0.404 e. The van der Waals surface area contributed by atoms with Crippen LogP contribution in [0.25, 0.3) is 5.57 Å². The maximum atomic E-state index is 11.6. The van der Waals surface area contributed by atoms with Gasteiger partial charge >= 0.3 is 0 Å². The molecule has 1 amide bonds. The maximum absolute atomic E-state index is 11.6. The lowest BCUT2D eigenvalue weighted by Crippen LogP contribution is -2.40. The van der Waals surface area contributed by atoms with Crippen molar-refractivity contribution in [3.63, 3.8) is 0 Å². The van der Waals surface area contributed by atoms with E-state index in [0.717, 1.165) is 23.0 Å². The number of hydrogen-bond donors (Lipinski definition) is 4. The number of hydrogen-bond acceptors (Lipinski definition) is 6. The monoisotopic (exact) mass is 341 g/mol. The third-order valence-electron chi connectivity index (χ3n) is 4.05. The van der Waals surface area contributed by atoms with Crippen molar-refractivity contribution in [3.05, 3.63) is 41.4 Å². The summed E-state index contributed by atoms with van der Waals surface area (Å²) < 4.78 is 0. The summed E-state index contributed by atoms with van der Waals surface area (Å²) in [5, 5.41) is 10.4. The van der Waals surface area contributed by atoms with E-state index in [1.807, 2.05) is 7.05 Å². The highest BCUT2D eigenvalue weighted by molar-refractivity contribution is 6.08. The van der Waals surface area contributed by atoms with Crippen molar-refractivity contribution in [2.75, 3.05) is 20.1 Å². The van der Waals surface area contributed by atoms with Crippen LogP contribution in [0.5, 0.6) is 0 Å². The van der Waals surface area contributed by atoms with E-state index in [0.29, 0.717) is 36.7 Å². The van der Waals surface area contributed by atoms with Crippen LogP contribution in [0.3, 0.4) is 0 Å². The van der Waals surface area contributed by atoms with Gasteiger partial charge in [-0.25, -0.2) is 9.98 Å². The summed E-state index contributed by atoms with van der Waals surface area (Å²) >= 11 is 0. The Hall–Kier alpha value is -3.16. The highest BCUT2D eigenvalue weighted by Crippen LogP contribution is 2.19. The number of nitrogens with one attached hydrogen (secondary N) is 2. The molecule has 2 heterocycles. The molecule has 2 rings (SSSR count). The Bertz CT molecular complexity index is 747. The fourth-order valence-corrected chi connectivity index (χ4v) is 2.58. The number of allylic oxidation sites excluding steroid dienone is 1. The Balaban J connectivity index is 2.28. The van der Waals surface area contributed by atoms with Crippen LogP contribution in [0, 0.1) is 5.41 Å². The summed E-state index contributed by atoms with van der Waals surface area (Å²) in [6.07, 6.45) is 4.81. The van der Waals surface area contributed by atoms with E-state index in [1.165, 1.54) is 6.20 Å². The van der Waals surface area contributed by atoms with E-state index in [1.54, 1.807) is 30.2 Å². The summed E-state index contributed by atoms with van der Waals surface area (Å²) in [4.78, 5) is 22.0. The second-order valence-corrected chi connectivity index (χ2v) is 5.57. The Labute approximate surface area is 146 Å². The summed E-state index contributed by atoms with van der Waals surface area (Å²) in [5.41, 5.74) is 14.7. The molecule has 8 heteroatoms. The van der Waals surface area contributed by atoms with Crippen molar-refractivity contribution in [2.24, 2.45) is 16.5 Å². The van der Waals surface area contributed by atoms with Gasteiger partial charge in [-0.1, -0.05) is 0 Å². The number of aliphatic imine (C=N–C) groups is 1. The standard InChI is InChI=1S/C17H23N7O/c1-11(25)24-6-5-15(21-2)14(10-24)17(20)23-16-4-3-12(9-22-16)13(7-18)8-19/h3-4,7-9,18,21H,5-6,10,19H2,1-2H3,(H2,20,22,23)/b13-8+,18-7?. The summed E-state index contributed by atoms with van der Waals surface area (Å²) in [5.74, 6) is 0.790. The molecule has 0 aliphatic carbocycles. The molecule has 0 spiro atoms. The average Bonchev–Trinajstić information content (AvgIpc) is 2.63. The van der Waals surface area contributed by atoms with Crippen molar-refractivity contribution in [3.8, 4) is 0 Å². The zero-order valence-corrected chi connectivity index (χ0v) is 14.4. The number of amidine groups is 1. The van der Waals surface area contributed by atoms with Crippen LogP contribution in [0.1, 0.15) is 18.9 Å². The van der Waals surface area contributed by atoms with Crippen LogP contribution in [0.4, 0.5) is 5.82 Å². The number of amides is 1. The van der Waals surface area contributed by atoms with Gasteiger partial charge in [-0.05, 0) is 12.1 Å². The van der Waals surface area contributed by atoms with Crippen LogP contribution in [-0.4, -0.2) is 48.0 Å². The summed E-state index contributed by atoms with van der Waals surface area (Å²) in [7, 11) is 1.83. The molecule has 1 aliphatic rings. The van der Waals surface area contributed by atoms with Gasteiger partial charge in [-0.15, -0.1) is 0 Å². The Kier molecular flexibility index (Phi) is 5.89. The molecule has 1 aromatic heterocycles. The SMILES string of the molecule is CNC1=C(C(N)=Nc2ccc(/C(C=N)=C/N)cn2)CN(C(C)=O)CC1. The Morgan fingerprint density at radius 3 is 2.76 bits per heavy atom. The van der Waals surface area contributed by atoms with Crippen molar-refractivity contribution in [2.45, 2.75) is 13.3 Å². The molecule has 1 aromatic rings. The first-order valence-electron chi connectivity index (χ1n) is 7.88. The molecular weight excluding hydrogens is 318 g/mol. The van der Waals surface area contributed by atoms with Crippen molar-refractivity contribution < 1.29 is 4.79 Å². The van der Waals surface area contributed by atoms with Crippen LogP contribution in [0.15, 0.2) is 40.8 Å². The minimum absolute atomic E-state index is 0.00989. The van der Waals surface area contributed by atoms with E-state index in [4.69, 9.17) is 16.9 Å². The molecule has 6 N–H and O–H groups in total. The topological polar surface area (TPSA) is 133 Å². The molecule has 0 saturated carbocycles. The van der Waals surface area contributed by atoms with Crippen molar-refractivity contribution >= 4 is 29.3 Å². The Morgan fingerprint density at radius 2 is 2.24 bits per heavy atom. The lowest BCUT2D eigenvalue weighted by atomic mass is 10.0. The average molecular weight is 341 g/mol. The van der Waals surface area contributed by atoms with Crippen LogP contribution in [-0.2, 0) is 4.79 Å². The first-order valence-corrected chi connectivity index (χ1v) is 7.88. The highest BCUT2D eigenvalue weighted by Gasteiger charge is 2.22. The predicted molar refractivity (Wildman–Crippen MR) is 99.4 cm³/mol. The molecule has 0 unspecified atom stereocenters. The van der Waals surface area contributed by atoms with E-state index < -0.39 is 0 Å². The van der Waals surface area contributed by atoms with Gasteiger partial charge in [0.1, 0.15) is 5.84 Å². The number of nitrogens with two attached hydrogens (primary N) is 2. The molecule has 0 bridgehead atoms.